The van der Waals surface area contributed by atoms with Gasteiger partial charge in [-0.3, -0.25) is 9.69 Å². The highest BCUT2D eigenvalue weighted by atomic mass is 16.6. The third-order valence-electron chi connectivity index (χ3n) is 5.58. The number of ether oxygens (including phenoxy) is 3. The Morgan fingerprint density at radius 3 is 2.52 bits per heavy atom. The standard InChI is InChI=1S/C24H30N2O7/c1-13-21(28)20(16-11-15(31-5)7-8-17(16)25-13)19(27)10-14-9-18(22(29)32-6)26(12-14)23(30)33-24(2,3)4/h7-8,11,14,18,28H,9-10,12H2,1-6H3/t14-,18+/m1/s1. The minimum Gasteiger partial charge on any atom is -0.505 e. The van der Waals surface area contributed by atoms with Gasteiger partial charge in [-0.15, -0.1) is 0 Å². The molecule has 178 valence electrons. The molecule has 2 heterocycles. The molecule has 0 saturated carbocycles. The number of aryl methyl sites for hydroxylation is 1. The number of amides is 1. The summed E-state index contributed by atoms with van der Waals surface area (Å²) in [6.07, 6.45) is -0.356. The Hall–Kier alpha value is -3.36. The molecule has 33 heavy (non-hydrogen) atoms. The van der Waals surface area contributed by atoms with Crippen LogP contribution in [0.2, 0.25) is 0 Å². The normalized spacial score (nSPS) is 18.3. The van der Waals surface area contributed by atoms with E-state index in [1.54, 1.807) is 45.9 Å². The van der Waals surface area contributed by atoms with E-state index in [1.165, 1.54) is 19.1 Å². The maximum Gasteiger partial charge on any atom is 0.411 e. The molecule has 1 aromatic carbocycles. The molecule has 1 saturated heterocycles. The van der Waals surface area contributed by atoms with Gasteiger partial charge in [-0.25, -0.2) is 14.6 Å². The number of Topliss-reactive ketones (excluding diaryl/α,β-unsaturated/α-hetero) is 1. The average Bonchev–Trinajstić information content (AvgIpc) is 3.16. The van der Waals surface area contributed by atoms with Gasteiger partial charge < -0.3 is 19.3 Å². The Morgan fingerprint density at radius 2 is 1.91 bits per heavy atom. The first-order valence-corrected chi connectivity index (χ1v) is 10.7. The van der Waals surface area contributed by atoms with Crippen LogP contribution < -0.4 is 4.74 Å². The predicted molar refractivity (Wildman–Crippen MR) is 120 cm³/mol. The van der Waals surface area contributed by atoms with E-state index in [9.17, 15) is 19.5 Å². The zero-order valence-corrected chi connectivity index (χ0v) is 19.8. The Morgan fingerprint density at radius 1 is 1.21 bits per heavy atom. The van der Waals surface area contributed by atoms with Crippen molar-refractivity contribution in [3.8, 4) is 11.5 Å². The molecule has 1 aliphatic rings. The number of carbonyl (C=O) groups excluding carboxylic acids is 3. The molecule has 0 unspecified atom stereocenters. The number of likely N-dealkylation sites (tertiary alicyclic amines) is 1. The summed E-state index contributed by atoms with van der Waals surface area (Å²) in [5.41, 5.74) is 0.319. The van der Waals surface area contributed by atoms with E-state index in [2.05, 4.69) is 4.98 Å². The van der Waals surface area contributed by atoms with Gasteiger partial charge in [-0.1, -0.05) is 0 Å². The molecular formula is C24H30N2O7. The van der Waals surface area contributed by atoms with Gasteiger partial charge in [-0.05, 0) is 58.2 Å². The molecule has 0 aliphatic carbocycles. The number of benzene rings is 1. The Labute approximate surface area is 192 Å². The largest absolute Gasteiger partial charge is 0.505 e. The quantitative estimate of drug-likeness (QED) is 0.534. The second-order valence-corrected chi connectivity index (χ2v) is 9.20. The van der Waals surface area contributed by atoms with Crippen molar-refractivity contribution < 1.29 is 33.7 Å². The van der Waals surface area contributed by atoms with Gasteiger partial charge in [0, 0.05) is 18.4 Å². The lowest BCUT2D eigenvalue weighted by Crippen LogP contribution is -2.43. The number of aromatic hydroxyl groups is 1. The van der Waals surface area contributed by atoms with Crippen LogP contribution >= 0.6 is 0 Å². The van der Waals surface area contributed by atoms with Gasteiger partial charge in [0.25, 0.3) is 0 Å². The maximum absolute atomic E-state index is 13.4. The van der Waals surface area contributed by atoms with Crippen molar-refractivity contribution in [2.75, 3.05) is 20.8 Å². The van der Waals surface area contributed by atoms with Crippen molar-refractivity contribution in [2.45, 2.75) is 52.2 Å². The summed E-state index contributed by atoms with van der Waals surface area (Å²) < 4.78 is 15.6. The molecule has 1 aromatic heterocycles. The number of ketones is 1. The molecule has 3 rings (SSSR count). The Kier molecular flexibility index (Phi) is 6.81. The van der Waals surface area contributed by atoms with E-state index in [0.29, 0.717) is 22.3 Å². The molecule has 9 nitrogen and oxygen atoms in total. The lowest BCUT2D eigenvalue weighted by Gasteiger charge is -2.27. The predicted octanol–water partition coefficient (Wildman–Crippen LogP) is 3.63. The van der Waals surface area contributed by atoms with Crippen LogP contribution in [0, 0.1) is 12.8 Å². The second kappa shape index (κ2) is 9.25. The number of nitrogens with zero attached hydrogens (tertiary/aromatic N) is 2. The highest BCUT2D eigenvalue weighted by Gasteiger charge is 2.43. The zero-order valence-electron chi connectivity index (χ0n) is 19.8. The fourth-order valence-electron chi connectivity index (χ4n) is 4.08. The number of rotatable bonds is 5. The SMILES string of the molecule is COC(=O)[C@@H]1C[C@H](CC(=O)c2c(O)c(C)nc3ccc(OC)cc23)CN1C(=O)OC(C)(C)C. The molecule has 0 radical (unpaired) electrons. The molecule has 0 spiro atoms. The van der Waals surface area contributed by atoms with Crippen molar-refractivity contribution in [1.29, 1.82) is 0 Å². The van der Waals surface area contributed by atoms with E-state index in [0.717, 1.165) is 0 Å². The van der Waals surface area contributed by atoms with Crippen LogP contribution in [0.3, 0.4) is 0 Å². The molecule has 1 amide bonds. The van der Waals surface area contributed by atoms with Gasteiger partial charge in [0.1, 0.15) is 23.1 Å². The van der Waals surface area contributed by atoms with Crippen LogP contribution in [0.4, 0.5) is 4.79 Å². The number of methoxy groups -OCH3 is 2. The molecule has 1 fully saturated rings. The van der Waals surface area contributed by atoms with Crippen molar-refractivity contribution in [2.24, 2.45) is 5.92 Å². The topological polar surface area (TPSA) is 115 Å². The summed E-state index contributed by atoms with van der Waals surface area (Å²) in [7, 11) is 2.77. The first kappa shape index (κ1) is 24.3. The van der Waals surface area contributed by atoms with Crippen LogP contribution in [-0.4, -0.2) is 65.2 Å². The van der Waals surface area contributed by atoms with Gasteiger partial charge in [0.15, 0.2) is 5.78 Å². The number of pyridine rings is 1. The first-order valence-electron chi connectivity index (χ1n) is 10.7. The molecule has 2 atom stereocenters. The molecule has 0 bridgehead atoms. The highest BCUT2D eigenvalue weighted by Crippen LogP contribution is 2.35. The van der Waals surface area contributed by atoms with Crippen LogP contribution in [0.1, 0.15) is 49.7 Å². The number of fused-ring (bicyclic) bond motifs is 1. The van der Waals surface area contributed by atoms with Crippen LogP contribution in [-0.2, 0) is 14.3 Å². The molecule has 1 N–H and O–H groups in total. The fraction of sp³-hybridized carbons (Fsp3) is 0.500. The molecule has 9 heteroatoms. The van der Waals surface area contributed by atoms with Gasteiger partial charge in [-0.2, -0.15) is 0 Å². The third-order valence-corrected chi connectivity index (χ3v) is 5.58. The van der Waals surface area contributed by atoms with E-state index in [4.69, 9.17) is 14.2 Å². The molecule has 2 aromatic rings. The average molecular weight is 459 g/mol. The summed E-state index contributed by atoms with van der Waals surface area (Å²) >= 11 is 0. The maximum atomic E-state index is 13.4. The molecular weight excluding hydrogens is 428 g/mol. The number of aromatic nitrogens is 1. The lowest BCUT2D eigenvalue weighted by atomic mass is 9.93. The van der Waals surface area contributed by atoms with Gasteiger partial charge in [0.05, 0.1) is 31.0 Å². The van der Waals surface area contributed by atoms with E-state index in [-0.39, 0.29) is 42.4 Å². The van der Waals surface area contributed by atoms with Crippen molar-refractivity contribution in [3.05, 3.63) is 29.5 Å². The van der Waals surface area contributed by atoms with Crippen molar-refractivity contribution in [3.63, 3.8) is 0 Å². The number of hydrogen-bond donors (Lipinski definition) is 1. The van der Waals surface area contributed by atoms with Crippen molar-refractivity contribution in [1.82, 2.24) is 9.88 Å². The summed E-state index contributed by atoms with van der Waals surface area (Å²) in [4.78, 5) is 44.0. The fourth-order valence-corrected chi connectivity index (χ4v) is 4.08. The summed E-state index contributed by atoms with van der Waals surface area (Å²) in [6, 6.07) is 4.28. The summed E-state index contributed by atoms with van der Waals surface area (Å²) in [5.74, 6) is -0.844. The Balaban J connectivity index is 1.90. The van der Waals surface area contributed by atoms with Crippen LogP contribution in [0.15, 0.2) is 18.2 Å². The Bertz CT molecular complexity index is 1090. The van der Waals surface area contributed by atoms with E-state index < -0.39 is 23.7 Å². The van der Waals surface area contributed by atoms with E-state index >= 15 is 0 Å². The first-order chi connectivity index (χ1) is 15.4. The smallest absolute Gasteiger partial charge is 0.411 e. The van der Waals surface area contributed by atoms with Gasteiger partial charge >= 0.3 is 12.1 Å². The molecule has 1 aliphatic heterocycles. The van der Waals surface area contributed by atoms with Crippen LogP contribution in [0.5, 0.6) is 11.5 Å². The minimum atomic E-state index is -0.840. The minimum absolute atomic E-state index is 0.0239. The zero-order chi connectivity index (χ0) is 24.5. The number of hydrogen-bond acceptors (Lipinski definition) is 8. The lowest BCUT2D eigenvalue weighted by molar-refractivity contribution is -0.145. The van der Waals surface area contributed by atoms with Gasteiger partial charge in [0.2, 0.25) is 0 Å². The summed E-state index contributed by atoms with van der Waals surface area (Å²) in [6.45, 7) is 7.00. The van der Waals surface area contributed by atoms with E-state index in [1.807, 2.05) is 0 Å². The monoisotopic (exact) mass is 458 g/mol. The number of esters is 1. The second-order valence-electron chi connectivity index (χ2n) is 9.20. The number of carbonyl (C=O) groups is 3. The summed E-state index contributed by atoms with van der Waals surface area (Å²) in [5, 5.41) is 11.1. The highest BCUT2D eigenvalue weighted by molar-refractivity contribution is 6.10. The van der Waals surface area contributed by atoms with Crippen molar-refractivity contribution >= 4 is 28.7 Å². The van der Waals surface area contributed by atoms with Crippen LogP contribution in [0.25, 0.3) is 10.9 Å². The third kappa shape index (κ3) is 5.18.